The van der Waals surface area contributed by atoms with Gasteiger partial charge in [0.15, 0.2) is 0 Å². The fourth-order valence-electron chi connectivity index (χ4n) is 3.21. The number of ketones is 1. The largest absolute Gasteiger partial charge is 0.444 e. The second-order valence-electron chi connectivity index (χ2n) is 7.55. The summed E-state index contributed by atoms with van der Waals surface area (Å²) in [6, 6.07) is 0. The van der Waals surface area contributed by atoms with E-state index in [1.807, 2.05) is 20.8 Å². The number of fused-ring (bicyclic) bond motifs is 1. The molecule has 0 aromatic rings. The number of amides is 1. The van der Waals surface area contributed by atoms with Crippen LogP contribution in [-0.4, -0.2) is 35.5 Å². The summed E-state index contributed by atoms with van der Waals surface area (Å²) in [7, 11) is 0. The molecule has 4 nitrogen and oxygen atoms in total. The lowest BCUT2D eigenvalue weighted by Gasteiger charge is -2.38. The molecule has 4 heteroatoms. The molecule has 1 saturated heterocycles. The molecule has 0 N–H and O–H groups in total. The van der Waals surface area contributed by atoms with Crippen LogP contribution in [0.2, 0.25) is 0 Å². The number of nitrogens with zero attached hydrogens (tertiary/aromatic N) is 1. The van der Waals surface area contributed by atoms with Gasteiger partial charge in [-0.15, -0.1) is 0 Å². The summed E-state index contributed by atoms with van der Waals surface area (Å²) in [4.78, 5) is 25.9. The molecule has 2 atom stereocenters. The zero-order valence-electron chi connectivity index (χ0n) is 12.7. The lowest BCUT2D eigenvalue weighted by molar-refractivity contribution is -0.128. The highest BCUT2D eigenvalue weighted by molar-refractivity contribution is 5.84. The van der Waals surface area contributed by atoms with Crippen molar-refractivity contribution in [1.29, 1.82) is 0 Å². The maximum Gasteiger partial charge on any atom is 0.410 e. The second kappa shape index (κ2) is 4.50. The summed E-state index contributed by atoms with van der Waals surface area (Å²) in [5.74, 6) is 0.605. The van der Waals surface area contributed by atoms with E-state index in [2.05, 4.69) is 13.8 Å². The summed E-state index contributed by atoms with van der Waals surface area (Å²) >= 11 is 0. The van der Waals surface area contributed by atoms with Gasteiger partial charge in [0.05, 0.1) is 0 Å². The third-order valence-electron chi connectivity index (χ3n) is 4.40. The molecule has 2 rings (SSSR count). The van der Waals surface area contributed by atoms with Gasteiger partial charge < -0.3 is 9.64 Å². The number of ether oxygens (including phenoxy) is 1. The predicted octanol–water partition coefficient (Wildman–Crippen LogP) is 2.86. The van der Waals surface area contributed by atoms with Gasteiger partial charge in [-0.25, -0.2) is 4.79 Å². The number of rotatable bonds is 0. The topological polar surface area (TPSA) is 46.6 Å². The molecule has 0 aromatic carbocycles. The van der Waals surface area contributed by atoms with Crippen molar-refractivity contribution in [3.05, 3.63) is 0 Å². The molecule has 1 heterocycles. The van der Waals surface area contributed by atoms with E-state index in [9.17, 15) is 9.59 Å². The van der Waals surface area contributed by atoms with Crippen molar-refractivity contribution in [2.24, 2.45) is 17.3 Å². The standard InChI is InChI=1S/C15H25NO3/c1-14(2,3)19-13(18)16-8-10-11(9-16)15(4,5)7-6-12(10)17/h10-11H,6-9H2,1-5H3/t10-,11+/m1/s1. The van der Waals surface area contributed by atoms with E-state index in [0.29, 0.717) is 25.3 Å². The van der Waals surface area contributed by atoms with Crippen LogP contribution in [-0.2, 0) is 9.53 Å². The highest BCUT2D eigenvalue weighted by Gasteiger charge is 2.50. The van der Waals surface area contributed by atoms with E-state index in [1.165, 1.54) is 0 Å². The lowest BCUT2D eigenvalue weighted by atomic mass is 9.64. The zero-order chi connectivity index (χ0) is 14.4. The van der Waals surface area contributed by atoms with Gasteiger partial charge >= 0.3 is 6.09 Å². The van der Waals surface area contributed by atoms with Gasteiger partial charge in [-0.3, -0.25) is 4.79 Å². The minimum absolute atomic E-state index is 0.0104. The third-order valence-corrected chi connectivity index (χ3v) is 4.40. The molecule has 2 fully saturated rings. The maximum atomic E-state index is 12.1. The minimum Gasteiger partial charge on any atom is -0.444 e. The van der Waals surface area contributed by atoms with E-state index in [-0.39, 0.29) is 23.3 Å². The molecule has 19 heavy (non-hydrogen) atoms. The summed E-state index contributed by atoms with van der Waals surface area (Å²) in [5.41, 5.74) is -0.348. The van der Waals surface area contributed by atoms with Crippen LogP contribution in [0.5, 0.6) is 0 Å². The Morgan fingerprint density at radius 3 is 2.47 bits per heavy atom. The number of hydrogen-bond acceptors (Lipinski definition) is 3. The molecule has 0 spiro atoms. The number of carbonyl (C=O) groups is 2. The Morgan fingerprint density at radius 1 is 1.32 bits per heavy atom. The Kier molecular flexibility index (Phi) is 3.40. The molecular weight excluding hydrogens is 242 g/mol. The second-order valence-corrected chi connectivity index (χ2v) is 7.55. The van der Waals surface area contributed by atoms with Crippen molar-refractivity contribution in [2.45, 2.75) is 53.1 Å². The van der Waals surface area contributed by atoms with Gasteiger partial charge in [0.2, 0.25) is 0 Å². The monoisotopic (exact) mass is 267 g/mol. The lowest BCUT2D eigenvalue weighted by Crippen LogP contribution is -2.39. The molecule has 1 amide bonds. The van der Waals surface area contributed by atoms with E-state index < -0.39 is 5.60 Å². The molecule has 1 saturated carbocycles. The first-order chi connectivity index (χ1) is 8.60. The van der Waals surface area contributed by atoms with E-state index >= 15 is 0 Å². The van der Waals surface area contributed by atoms with Crippen molar-refractivity contribution < 1.29 is 14.3 Å². The smallest absolute Gasteiger partial charge is 0.410 e. The first-order valence-electron chi connectivity index (χ1n) is 7.11. The normalized spacial score (nSPS) is 30.2. The quantitative estimate of drug-likeness (QED) is 0.678. The highest BCUT2D eigenvalue weighted by atomic mass is 16.6. The molecule has 0 radical (unpaired) electrons. The average Bonchev–Trinajstić information content (AvgIpc) is 2.68. The number of hydrogen-bond donors (Lipinski definition) is 0. The first-order valence-corrected chi connectivity index (χ1v) is 7.11. The fraction of sp³-hybridized carbons (Fsp3) is 0.867. The molecule has 1 aliphatic carbocycles. The van der Waals surface area contributed by atoms with Gasteiger partial charge in [-0.05, 0) is 38.5 Å². The van der Waals surface area contributed by atoms with Gasteiger partial charge in [-0.1, -0.05) is 13.8 Å². The molecule has 2 aliphatic rings. The number of likely N-dealkylation sites (tertiary alicyclic amines) is 1. The van der Waals surface area contributed by atoms with Crippen LogP contribution in [0.4, 0.5) is 4.79 Å². The number of Topliss-reactive ketones (excluding diaryl/α,β-unsaturated/α-hetero) is 1. The van der Waals surface area contributed by atoms with Crippen LogP contribution in [0.3, 0.4) is 0 Å². The molecule has 0 unspecified atom stereocenters. The molecular formula is C15H25NO3. The van der Waals surface area contributed by atoms with Crippen molar-refractivity contribution >= 4 is 11.9 Å². The van der Waals surface area contributed by atoms with Gasteiger partial charge in [0.1, 0.15) is 11.4 Å². The molecule has 108 valence electrons. The van der Waals surface area contributed by atoms with Crippen molar-refractivity contribution in [3.8, 4) is 0 Å². The van der Waals surface area contributed by atoms with E-state index in [1.54, 1.807) is 4.90 Å². The first kappa shape index (κ1) is 14.4. The third kappa shape index (κ3) is 2.93. The Morgan fingerprint density at radius 2 is 1.95 bits per heavy atom. The Labute approximate surface area is 115 Å². The zero-order valence-corrected chi connectivity index (χ0v) is 12.7. The highest BCUT2D eigenvalue weighted by Crippen LogP contribution is 2.46. The van der Waals surface area contributed by atoms with E-state index in [0.717, 1.165) is 6.42 Å². The van der Waals surface area contributed by atoms with Crippen LogP contribution < -0.4 is 0 Å². The summed E-state index contributed by atoms with van der Waals surface area (Å²) < 4.78 is 5.41. The maximum absolute atomic E-state index is 12.1. The SMILES string of the molecule is CC(C)(C)OC(=O)N1C[C@H]2C(=O)CCC(C)(C)[C@H]2C1. The summed E-state index contributed by atoms with van der Waals surface area (Å²) in [6.07, 6.45) is 1.29. The molecule has 0 bridgehead atoms. The van der Waals surface area contributed by atoms with Crippen molar-refractivity contribution in [1.82, 2.24) is 4.90 Å². The minimum atomic E-state index is -0.482. The van der Waals surface area contributed by atoms with Crippen LogP contribution in [0.1, 0.15) is 47.5 Å². The van der Waals surface area contributed by atoms with Gasteiger partial charge in [0.25, 0.3) is 0 Å². The van der Waals surface area contributed by atoms with Crippen LogP contribution >= 0.6 is 0 Å². The number of carbonyl (C=O) groups excluding carboxylic acids is 2. The summed E-state index contributed by atoms with van der Waals surface area (Å²) in [6.45, 7) is 11.2. The van der Waals surface area contributed by atoms with Crippen LogP contribution in [0.25, 0.3) is 0 Å². The van der Waals surface area contributed by atoms with Crippen LogP contribution in [0.15, 0.2) is 0 Å². The Balaban J connectivity index is 2.09. The van der Waals surface area contributed by atoms with Gasteiger partial charge in [0, 0.05) is 25.4 Å². The Bertz CT molecular complexity index is 395. The van der Waals surface area contributed by atoms with Crippen molar-refractivity contribution in [3.63, 3.8) is 0 Å². The average molecular weight is 267 g/mol. The van der Waals surface area contributed by atoms with Gasteiger partial charge in [-0.2, -0.15) is 0 Å². The van der Waals surface area contributed by atoms with Crippen molar-refractivity contribution in [2.75, 3.05) is 13.1 Å². The molecule has 1 aliphatic heterocycles. The molecule has 0 aromatic heterocycles. The predicted molar refractivity (Wildman–Crippen MR) is 72.8 cm³/mol. The fourth-order valence-corrected chi connectivity index (χ4v) is 3.21. The van der Waals surface area contributed by atoms with E-state index in [4.69, 9.17) is 4.74 Å². The summed E-state index contributed by atoms with van der Waals surface area (Å²) in [5, 5.41) is 0. The Hall–Kier alpha value is -1.06. The van der Waals surface area contributed by atoms with Crippen LogP contribution in [0, 0.1) is 17.3 Å².